The number of methoxy groups -OCH3 is 2. The normalized spacial score (nSPS) is 30.3. The van der Waals surface area contributed by atoms with Crippen molar-refractivity contribution in [2.45, 2.75) is 68.7 Å². The van der Waals surface area contributed by atoms with Crippen LogP contribution in [-0.2, 0) is 27.3 Å². The Kier molecular flexibility index (Phi) is 6.48. The minimum atomic E-state index is -1.51. The highest BCUT2D eigenvalue weighted by Crippen LogP contribution is 2.58. The highest BCUT2D eigenvalue weighted by atomic mass is 16.5. The molecule has 0 aliphatic heterocycles. The molecule has 0 bridgehead atoms. The van der Waals surface area contributed by atoms with E-state index in [0.717, 1.165) is 11.5 Å². The fourth-order valence-corrected chi connectivity index (χ4v) is 8.37. The molecule has 0 unspecified atom stereocenters. The van der Waals surface area contributed by atoms with Gasteiger partial charge in [0.15, 0.2) is 5.78 Å². The zero-order valence-electron chi connectivity index (χ0n) is 24.5. The average Bonchev–Trinajstić information content (AvgIpc) is 3.81. The number of hydrogen-bond donors (Lipinski definition) is 4. The van der Waals surface area contributed by atoms with E-state index in [1.54, 1.807) is 32.2 Å². The lowest BCUT2D eigenvalue weighted by atomic mass is 9.57. The molecule has 4 atom stereocenters. The first-order chi connectivity index (χ1) is 19.4. The molecule has 0 saturated heterocycles. The molecule has 0 spiro atoms. The van der Waals surface area contributed by atoms with Crippen molar-refractivity contribution in [2.24, 2.45) is 23.5 Å². The Bertz CT molecular complexity index is 1390. The predicted molar refractivity (Wildman–Crippen MR) is 151 cm³/mol. The van der Waals surface area contributed by atoms with E-state index in [-0.39, 0.29) is 45.9 Å². The first-order valence-electron chi connectivity index (χ1n) is 14.5. The molecule has 0 heterocycles. The second-order valence-electron chi connectivity index (χ2n) is 12.9. The molecule has 5 aliphatic carbocycles. The Morgan fingerprint density at radius 3 is 2.37 bits per heavy atom. The summed E-state index contributed by atoms with van der Waals surface area (Å²) in [7, 11) is 8.68. The largest absolute Gasteiger partial charge is 0.510 e. The van der Waals surface area contributed by atoms with E-state index < -0.39 is 35.2 Å². The van der Waals surface area contributed by atoms with Gasteiger partial charge in [0.2, 0.25) is 5.91 Å². The lowest BCUT2D eigenvalue weighted by Crippen LogP contribution is -2.63. The monoisotopic (exact) mass is 567 g/mol. The number of amides is 1. The number of nitrogens with zero attached hydrogens (tertiary/aromatic N) is 2. The van der Waals surface area contributed by atoms with E-state index >= 15 is 0 Å². The zero-order chi connectivity index (χ0) is 29.6. The van der Waals surface area contributed by atoms with Gasteiger partial charge in [0, 0.05) is 48.2 Å². The number of primary amides is 1. The van der Waals surface area contributed by atoms with Crippen LogP contribution < -0.4 is 10.5 Å². The number of ether oxygens (including phenoxy) is 2. The molecule has 0 aromatic heterocycles. The second kappa shape index (κ2) is 9.47. The number of aromatic hydroxyl groups is 1. The minimum absolute atomic E-state index is 0.0530. The number of rotatable bonds is 8. The Morgan fingerprint density at radius 2 is 1.83 bits per heavy atom. The molecule has 10 heteroatoms. The molecule has 5 aliphatic rings. The molecule has 3 saturated carbocycles. The van der Waals surface area contributed by atoms with Gasteiger partial charge in [-0.15, -0.1) is 0 Å². The van der Waals surface area contributed by atoms with Gasteiger partial charge in [-0.3, -0.25) is 19.4 Å². The van der Waals surface area contributed by atoms with Gasteiger partial charge in [-0.1, -0.05) is 0 Å². The number of phenols is 1. The summed E-state index contributed by atoms with van der Waals surface area (Å²) in [5, 5.41) is 34.0. The van der Waals surface area contributed by atoms with Crippen LogP contribution in [0.3, 0.4) is 0 Å². The number of fused-ring (bicyclic) bond motifs is 3. The molecule has 222 valence electrons. The third-order valence-electron chi connectivity index (χ3n) is 10.7. The van der Waals surface area contributed by atoms with Crippen molar-refractivity contribution < 1.29 is 34.4 Å². The maximum atomic E-state index is 14.3. The fraction of sp³-hybridized carbons (Fsp3) is 0.613. The second-order valence-corrected chi connectivity index (χ2v) is 12.9. The molecule has 6 rings (SSSR count). The summed E-state index contributed by atoms with van der Waals surface area (Å²) in [5.74, 6) is -1.38. The van der Waals surface area contributed by atoms with Gasteiger partial charge in [-0.05, 0) is 77.6 Å². The number of aliphatic hydroxyl groups excluding tert-OH is 2. The molecule has 0 radical (unpaired) electrons. The number of Topliss-reactive ketones (excluding diaryl/α,β-unsaturated/α-hetero) is 1. The van der Waals surface area contributed by atoms with Gasteiger partial charge in [0.25, 0.3) is 0 Å². The van der Waals surface area contributed by atoms with Gasteiger partial charge in [-0.25, -0.2) is 0 Å². The molecule has 41 heavy (non-hydrogen) atoms. The first-order valence-corrected chi connectivity index (χ1v) is 14.5. The zero-order valence-corrected chi connectivity index (χ0v) is 24.5. The number of carbonyl (C=O) groups excluding carboxylic acids is 2. The van der Waals surface area contributed by atoms with E-state index in [2.05, 4.69) is 11.9 Å². The molecule has 10 nitrogen and oxygen atoms in total. The van der Waals surface area contributed by atoms with Crippen molar-refractivity contribution in [3.05, 3.63) is 39.7 Å². The van der Waals surface area contributed by atoms with Crippen LogP contribution in [0.15, 0.2) is 23.0 Å². The average molecular weight is 568 g/mol. The van der Waals surface area contributed by atoms with Crippen molar-refractivity contribution in [1.29, 1.82) is 0 Å². The summed E-state index contributed by atoms with van der Waals surface area (Å²) in [6.45, 7) is 0.605. The van der Waals surface area contributed by atoms with Gasteiger partial charge < -0.3 is 30.5 Å². The summed E-state index contributed by atoms with van der Waals surface area (Å²) in [5.41, 5.74) is 6.18. The van der Waals surface area contributed by atoms with Gasteiger partial charge >= 0.3 is 0 Å². The number of benzene rings is 1. The van der Waals surface area contributed by atoms with E-state index in [1.165, 1.54) is 32.8 Å². The van der Waals surface area contributed by atoms with Crippen LogP contribution in [0, 0.1) is 17.8 Å². The summed E-state index contributed by atoms with van der Waals surface area (Å²) in [4.78, 5) is 30.8. The van der Waals surface area contributed by atoms with Crippen molar-refractivity contribution in [3.63, 3.8) is 0 Å². The third-order valence-corrected chi connectivity index (χ3v) is 10.7. The quantitative estimate of drug-likeness (QED) is 0.372. The van der Waals surface area contributed by atoms with Crippen LogP contribution in [0.2, 0.25) is 0 Å². The first kappa shape index (κ1) is 28.1. The van der Waals surface area contributed by atoms with Crippen molar-refractivity contribution >= 4 is 17.4 Å². The molecular formula is C31H41N3O7. The predicted octanol–water partition coefficient (Wildman–Crippen LogP) is 2.82. The third kappa shape index (κ3) is 3.94. The summed E-state index contributed by atoms with van der Waals surface area (Å²) < 4.78 is 11.9. The molecule has 1 aromatic carbocycles. The highest BCUT2D eigenvalue weighted by molar-refractivity contribution is 6.10. The maximum Gasteiger partial charge on any atom is 0.248 e. The van der Waals surface area contributed by atoms with Crippen LogP contribution in [0.4, 0.5) is 0 Å². The lowest BCUT2D eigenvalue weighted by Gasteiger charge is -2.53. The maximum absolute atomic E-state index is 14.3. The number of phenolic OH excluding ortho intramolecular Hbond substituents is 1. The smallest absolute Gasteiger partial charge is 0.248 e. The van der Waals surface area contributed by atoms with E-state index in [1.807, 2.05) is 0 Å². The number of carbonyl (C=O) groups is 2. The van der Waals surface area contributed by atoms with Gasteiger partial charge in [-0.2, -0.15) is 0 Å². The number of ketones is 1. The fourth-order valence-electron chi connectivity index (χ4n) is 8.37. The topological polar surface area (TPSA) is 146 Å². The Morgan fingerprint density at radius 1 is 1.15 bits per heavy atom. The molecular weight excluding hydrogens is 526 g/mol. The Hall–Kier alpha value is -3.08. The number of aliphatic hydroxyl groups is 2. The number of likely N-dealkylation sites (N-methyl/N-ethyl adjacent to an activating group) is 1. The van der Waals surface area contributed by atoms with Crippen LogP contribution in [0.1, 0.15) is 55.2 Å². The molecule has 1 aromatic rings. The van der Waals surface area contributed by atoms with Gasteiger partial charge in [0.1, 0.15) is 28.6 Å². The van der Waals surface area contributed by atoms with Crippen LogP contribution in [0.5, 0.6) is 11.5 Å². The van der Waals surface area contributed by atoms with E-state index in [9.17, 15) is 24.9 Å². The summed E-state index contributed by atoms with van der Waals surface area (Å²) >= 11 is 0. The van der Waals surface area contributed by atoms with E-state index in [0.29, 0.717) is 30.7 Å². The molecule has 3 fully saturated rings. The van der Waals surface area contributed by atoms with Crippen LogP contribution in [-0.4, -0.2) is 89.4 Å². The van der Waals surface area contributed by atoms with Crippen molar-refractivity contribution in [1.82, 2.24) is 9.80 Å². The lowest BCUT2D eigenvalue weighted by molar-refractivity contribution is -0.157. The van der Waals surface area contributed by atoms with Gasteiger partial charge in [0.05, 0.1) is 24.3 Å². The summed E-state index contributed by atoms with van der Waals surface area (Å²) in [6, 6.07) is 0.957. The number of hydrogen-bond acceptors (Lipinski definition) is 9. The van der Waals surface area contributed by atoms with E-state index in [4.69, 9.17) is 15.2 Å². The Labute approximate surface area is 240 Å². The standard InChI is InChI=1S/C31H41N3O7/c1-33(2)24-20-11-15-10-18-23(26(37)22(15)28(38)31(20,41-5)13-19(25(24)36)29(32)39)21(35)12-16(27(18)40-4)14-34(3)30(8-9-30)17-6-7-17/h12,15,17,20,24,35-37H,6-11,13-14H2,1-5H3,(H2,32,39)/t15-,20-,24-,31-/m0/s1. The van der Waals surface area contributed by atoms with Crippen LogP contribution >= 0.6 is 0 Å². The molecule has 1 amide bonds. The SMILES string of the molecule is COc1c(CN(C)C2(C3CC3)CC2)cc(O)c2c1C[C@H]1C[C@H]3[C@H](N(C)C)C(O)=C(C(N)=O)C[C@@]3(OC)C(=O)C1=C2O. The highest BCUT2D eigenvalue weighted by Gasteiger charge is 2.62. The van der Waals surface area contributed by atoms with Crippen LogP contribution in [0.25, 0.3) is 5.76 Å². The van der Waals surface area contributed by atoms with Crippen molar-refractivity contribution in [3.8, 4) is 11.5 Å². The minimum Gasteiger partial charge on any atom is -0.510 e. The number of nitrogens with two attached hydrogens (primary N) is 1. The molecule has 5 N–H and O–H groups in total. The summed E-state index contributed by atoms with van der Waals surface area (Å²) in [6.07, 6.45) is 5.45. The Balaban J connectivity index is 1.44. The van der Waals surface area contributed by atoms with Crippen molar-refractivity contribution in [2.75, 3.05) is 35.4 Å².